The second kappa shape index (κ2) is 6.23. The highest BCUT2D eigenvalue weighted by Gasteiger charge is 2.58. The van der Waals surface area contributed by atoms with Crippen LogP contribution in [0.2, 0.25) is 0 Å². The van der Waals surface area contributed by atoms with E-state index in [1.165, 1.54) is 12.0 Å². The predicted octanol–water partition coefficient (Wildman–Crippen LogP) is 3.59. The summed E-state index contributed by atoms with van der Waals surface area (Å²) in [7, 11) is 0. The lowest BCUT2D eigenvalue weighted by molar-refractivity contribution is -0.143. The number of aryl methyl sites for hydroxylation is 3. The Labute approximate surface area is 144 Å². The van der Waals surface area contributed by atoms with Crippen LogP contribution in [0, 0.1) is 32.1 Å². The zero-order valence-corrected chi connectivity index (χ0v) is 15.2. The topological polar surface area (TPSA) is 49.4 Å². The Morgan fingerprint density at radius 3 is 2.33 bits per heavy atom. The summed E-state index contributed by atoms with van der Waals surface area (Å²) in [5.41, 5.74) is 3.33. The predicted molar refractivity (Wildman–Crippen MR) is 95.9 cm³/mol. The molecule has 2 amide bonds. The first-order chi connectivity index (χ1) is 11.3. The van der Waals surface area contributed by atoms with Crippen LogP contribution in [-0.2, 0) is 9.59 Å². The van der Waals surface area contributed by atoms with Gasteiger partial charge < -0.3 is 10.2 Å². The first-order valence-electron chi connectivity index (χ1n) is 9.02. The maximum absolute atomic E-state index is 12.9. The molecule has 4 nitrogen and oxygen atoms in total. The van der Waals surface area contributed by atoms with E-state index in [2.05, 4.69) is 31.3 Å². The van der Waals surface area contributed by atoms with E-state index < -0.39 is 5.41 Å². The summed E-state index contributed by atoms with van der Waals surface area (Å²) in [5.74, 6) is 0.442. The molecule has 0 aromatic heterocycles. The summed E-state index contributed by atoms with van der Waals surface area (Å²) in [6.45, 7) is 9.82. The van der Waals surface area contributed by atoms with Crippen LogP contribution in [0.15, 0.2) is 12.1 Å². The minimum absolute atomic E-state index is 0.0361. The second-order valence-electron chi connectivity index (χ2n) is 7.81. The van der Waals surface area contributed by atoms with Gasteiger partial charge in [-0.3, -0.25) is 9.59 Å². The molecule has 1 saturated heterocycles. The van der Waals surface area contributed by atoms with Crippen LogP contribution in [0.4, 0.5) is 5.69 Å². The van der Waals surface area contributed by atoms with Crippen molar-refractivity contribution >= 4 is 17.5 Å². The molecule has 0 radical (unpaired) electrons. The number of likely N-dealkylation sites (tertiary alicyclic amines) is 1. The van der Waals surface area contributed by atoms with E-state index in [9.17, 15) is 9.59 Å². The second-order valence-corrected chi connectivity index (χ2v) is 7.81. The van der Waals surface area contributed by atoms with Crippen molar-refractivity contribution in [1.29, 1.82) is 0 Å². The van der Waals surface area contributed by atoms with Crippen molar-refractivity contribution in [1.82, 2.24) is 4.90 Å². The molecular formula is C20H28N2O2. The van der Waals surface area contributed by atoms with Crippen LogP contribution in [0.3, 0.4) is 0 Å². The number of piperidine rings is 1. The molecule has 1 unspecified atom stereocenters. The van der Waals surface area contributed by atoms with Crippen LogP contribution in [0.1, 0.15) is 49.3 Å². The third-order valence-corrected chi connectivity index (χ3v) is 5.45. The minimum Gasteiger partial charge on any atom is -0.342 e. The smallest absolute Gasteiger partial charge is 0.240 e. The lowest BCUT2D eigenvalue weighted by atomic mass is 9.96. The lowest BCUT2D eigenvalue weighted by Crippen LogP contribution is -2.47. The summed E-state index contributed by atoms with van der Waals surface area (Å²) in [5, 5.41) is 3.05. The summed E-state index contributed by atoms with van der Waals surface area (Å²) in [4.78, 5) is 27.8. The van der Waals surface area contributed by atoms with E-state index in [4.69, 9.17) is 0 Å². The van der Waals surface area contributed by atoms with Gasteiger partial charge in [0.1, 0.15) is 5.41 Å². The van der Waals surface area contributed by atoms with Gasteiger partial charge in [-0.1, -0.05) is 24.6 Å². The van der Waals surface area contributed by atoms with Crippen LogP contribution < -0.4 is 5.32 Å². The SMILES string of the molecule is Cc1cc(C)c(NC(=O)C2(C(=O)N3CCCC(C)C3)CC2)c(C)c1. The molecule has 0 spiro atoms. The van der Waals surface area contributed by atoms with Crippen LogP contribution in [-0.4, -0.2) is 29.8 Å². The molecule has 1 N–H and O–H groups in total. The number of amides is 2. The maximum atomic E-state index is 12.9. The Bertz CT molecular complexity index is 653. The Balaban J connectivity index is 1.76. The van der Waals surface area contributed by atoms with Gasteiger partial charge in [-0.15, -0.1) is 0 Å². The van der Waals surface area contributed by atoms with E-state index in [1.807, 2.05) is 18.7 Å². The Hall–Kier alpha value is -1.84. The van der Waals surface area contributed by atoms with E-state index in [1.54, 1.807) is 0 Å². The third-order valence-electron chi connectivity index (χ3n) is 5.45. The van der Waals surface area contributed by atoms with Gasteiger partial charge in [0.2, 0.25) is 11.8 Å². The maximum Gasteiger partial charge on any atom is 0.240 e. The van der Waals surface area contributed by atoms with Crippen molar-refractivity contribution in [3.8, 4) is 0 Å². The zero-order valence-electron chi connectivity index (χ0n) is 15.2. The molecule has 24 heavy (non-hydrogen) atoms. The highest BCUT2D eigenvalue weighted by molar-refractivity contribution is 6.13. The molecule has 3 rings (SSSR count). The number of carbonyl (C=O) groups excluding carboxylic acids is 2. The quantitative estimate of drug-likeness (QED) is 0.862. The fourth-order valence-corrected chi connectivity index (χ4v) is 3.95. The molecule has 1 aliphatic carbocycles. The lowest BCUT2D eigenvalue weighted by Gasteiger charge is -2.33. The first-order valence-corrected chi connectivity index (χ1v) is 9.02. The molecule has 4 heteroatoms. The average Bonchev–Trinajstić information content (AvgIpc) is 3.31. The Kier molecular flexibility index (Phi) is 4.41. The average molecular weight is 328 g/mol. The molecule has 1 heterocycles. The molecule has 2 aliphatic rings. The molecule has 1 saturated carbocycles. The largest absolute Gasteiger partial charge is 0.342 e. The minimum atomic E-state index is -0.819. The van der Waals surface area contributed by atoms with Gasteiger partial charge in [0.05, 0.1) is 0 Å². The number of hydrogen-bond acceptors (Lipinski definition) is 2. The van der Waals surface area contributed by atoms with Gasteiger partial charge in [-0.05, 0) is 63.5 Å². The van der Waals surface area contributed by atoms with Crippen LogP contribution in [0.25, 0.3) is 0 Å². The zero-order chi connectivity index (χ0) is 17.5. The van der Waals surface area contributed by atoms with Crippen LogP contribution >= 0.6 is 0 Å². The third kappa shape index (κ3) is 3.06. The molecule has 130 valence electrons. The fourth-order valence-electron chi connectivity index (χ4n) is 3.95. The van der Waals surface area contributed by atoms with Crippen LogP contribution in [0.5, 0.6) is 0 Å². The molecule has 1 atom stereocenters. The van der Waals surface area contributed by atoms with Gasteiger partial charge in [0, 0.05) is 18.8 Å². The molecule has 2 fully saturated rings. The number of nitrogens with one attached hydrogen (secondary N) is 1. The Morgan fingerprint density at radius 1 is 1.17 bits per heavy atom. The van der Waals surface area contributed by atoms with Crippen molar-refractivity contribution in [2.24, 2.45) is 11.3 Å². The molecular weight excluding hydrogens is 300 g/mol. The highest BCUT2D eigenvalue weighted by atomic mass is 16.2. The number of carbonyl (C=O) groups is 2. The summed E-state index contributed by atoms with van der Waals surface area (Å²) >= 11 is 0. The number of nitrogens with zero attached hydrogens (tertiary/aromatic N) is 1. The van der Waals surface area contributed by atoms with Gasteiger partial charge in [0.25, 0.3) is 0 Å². The number of hydrogen-bond donors (Lipinski definition) is 1. The molecule has 1 aliphatic heterocycles. The Morgan fingerprint density at radius 2 is 1.79 bits per heavy atom. The van der Waals surface area contributed by atoms with Gasteiger partial charge >= 0.3 is 0 Å². The van der Waals surface area contributed by atoms with E-state index >= 15 is 0 Å². The number of benzene rings is 1. The first kappa shape index (κ1) is 17.0. The summed E-state index contributed by atoms with van der Waals surface area (Å²) in [6, 6.07) is 4.13. The number of rotatable bonds is 3. The summed E-state index contributed by atoms with van der Waals surface area (Å²) < 4.78 is 0. The van der Waals surface area contributed by atoms with E-state index in [0.717, 1.165) is 36.3 Å². The van der Waals surface area contributed by atoms with Crippen molar-refractivity contribution < 1.29 is 9.59 Å². The van der Waals surface area contributed by atoms with Crippen molar-refractivity contribution in [2.75, 3.05) is 18.4 Å². The van der Waals surface area contributed by atoms with Gasteiger partial charge in [-0.25, -0.2) is 0 Å². The highest BCUT2D eigenvalue weighted by Crippen LogP contribution is 2.49. The van der Waals surface area contributed by atoms with Gasteiger partial charge in [-0.2, -0.15) is 0 Å². The fraction of sp³-hybridized carbons (Fsp3) is 0.600. The molecule has 1 aromatic rings. The monoisotopic (exact) mass is 328 g/mol. The van der Waals surface area contributed by atoms with E-state index in [0.29, 0.717) is 18.8 Å². The van der Waals surface area contributed by atoms with E-state index in [-0.39, 0.29) is 11.8 Å². The van der Waals surface area contributed by atoms with Crippen molar-refractivity contribution in [3.63, 3.8) is 0 Å². The van der Waals surface area contributed by atoms with Crippen molar-refractivity contribution in [3.05, 3.63) is 28.8 Å². The molecule has 0 bridgehead atoms. The normalized spacial score (nSPS) is 22.2. The summed E-state index contributed by atoms with van der Waals surface area (Å²) in [6.07, 6.45) is 3.56. The molecule has 1 aromatic carbocycles. The number of anilines is 1. The van der Waals surface area contributed by atoms with Crippen molar-refractivity contribution in [2.45, 2.75) is 53.4 Å². The standard InChI is InChI=1S/C20H28N2O2/c1-13-6-5-9-22(12-13)19(24)20(7-8-20)18(23)21-17-15(3)10-14(2)11-16(17)4/h10-11,13H,5-9,12H2,1-4H3,(H,21,23). The van der Waals surface area contributed by atoms with Gasteiger partial charge in [0.15, 0.2) is 0 Å².